The monoisotopic (exact) mass is 424 g/mol. The summed E-state index contributed by atoms with van der Waals surface area (Å²) in [6.07, 6.45) is 4.04. The SMILES string of the molecule is CC1(OC(=O)c2ccccc2C(=O)OC2(C(F)(F)C(=O)O)CCCCC2)CCCC1. The van der Waals surface area contributed by atoms with E-state index in [1.807, 2.05) is 6.92 Å². The summed E-state index contributed by atoms with van der Waals surface area (Å²) in [5, 5.41) is 9.06. The number of rotatable bonds is 6. The number of halogens is 2. The molecule has 0 atom stereocenters. The van der Waals surface area contributed by atoms with Gasteiger partial charge in [-0.25, -0.2) is 14.4 Å². The van der Waals surface area contributed by atoms with Crippen molar-refractivity contribution in [1.82, 2.24) is 0 Å². The van der Waals surface area contributed by atoms with Crippen LogP contribution in [-0.2, 0) is 14.3 Å². The highest BCUT2D eigenvalue weighted by molar-refractivity contribution is 6.03. The minimum absolute atomic E-state index is 0.0831. The Labute approximate surface area is 173 Å². The van der Waals surface area contributed by atoms with Gasteiger partial charge in [-0.15, -0.1) is 0 Å². The lowest BCUT2D eigenvalue weighted by atomic mass is 9.79. The summed E-state index contributed by atoms with van der Waals surface area (Å²) in [6.45, 7) is 1.82. The molecule has 1 aromatic rings. The number of carboxylic acid groups (broad SMARTS) is 1. The molecule has 2 saturated carbocycles. The van der Waals surface area contributed by atoms with Gasteiger partial charge in [0.1, 0.15) is 5.60 Å². The first-order valence-electron chi connectivity index (χ1n) is 10.3. The first-order valence-corrected chi connectivity index (χ1v) is 10.3. The van der Waals surface area contributed by atoms with Crippen molar-refractivity contribution in [2.45, 2.75) is 81.8 Å². The summed E-state index contributed by atoms with van der Waals surface area (Å²) in [6, 6.07) is 5.69. The molecule has 0 bridgehead atoms. The molecule has 0 heterocycles. The molecule has 0 aromatic heterocycles. The molecule has 2 aliphatic rings. The molecule has 164 valence electrons. The van der Waals surface area contributed by atoms with Gasteiger partial charge < -0.3 is 14.6 Å². The normalized spacial score (nSPS) is 20.4. The molecule has 30 heavy (non-hydrogen) atoms. The number of carbonyl (C=O) groups excluding carboxylic acids is 2. The number of carboxylic acids is 1. The van der Waals surface area contributed by atoms with Gasteiger partial charge in [-0.2, -0.15) is 8.78 Å². The van der Waals surface area contributed by atoms with Crippen LogP contribution in [0.5, 0.6) is 0 Å². The van der Waals surface area contributed by atoms with Gasteiger partial charge in [-0.3, -0.25) is 0 Å². The number of ether oxygens (including phenoxy) is 2. The van der Waals surface area contributed by atoms with Gasteiger partial charge >= 0.3 is 23.8 Å². The van der Waals surface area contributed by atoms with E-state index in [1.165, 1.54) is 24.3 Å². The average molecular weight is 424 g/mol. The highest BCUT2D eigenvalue weighted by Gasteiger charge is 2.62. The Hall–Kier alpha value is -2.51. The molecule has 1 N–H and O–H groups in total. The van der Waals surface area contributed by atoms with Crippen molar-refractivity contribution in [3.05, 3.63) is 35.4 Å². The third-order valence-corrected chi connectivity index (χ3v) is 6.16. The number of hydrogen-bond donors (Lipinski definition) is 1. The quantitative estimate of drug-likeness (QED) is 0.663. The molecular weight excluding hydrogens is 398 g/mol. The van der Waals surface area contributed by atoms with Crippen LogP contribution in [0.4, 0.5) is 8.78 Å². The summed E-state index contributed by atoms with van der Waals surface area (Å²) in [5.41, 5.74) is -3.37. The highest BCUT2D eigenvalue weighted by Crippen LogP contribution is 2.44. The largest absolute Gasteiger partial charge is 0.477 e. The zero-order chi connectivity index (χ0) is 22.0. The summed E-state index contributed by atoms with van der Waals surface area (Å²) >= 11 is 0. The fourth-order valence-electron chi connectivity index (χ4n) is 4.37. The third kappa shape index (κ3) is 4.18. The molecule has 0 saturated heterocycles. The molecule has 0 amide bonds. The molecule has 6 nitrogen and oxygen atoms in total. The van der Waals surface area contributed by atoms with E-state index in [-0.39, 0.29) is 24.0 Å². The molecule has 0 aliphatic heterocycles. The molecule has 0 radical (unpaired) electrons. The van der Waals surface area contributed by atoms with Gasteiger partial charge in [0.15, 0.2) is 5.60 Å². The first kappa shape index (κ1) is 22.2. The van der Waals surface area contributed by atoms with Gasteiger partial charge in [0, 0.05) is 0 Å². The standard InChI is InChI=1S/C22H26F2O6/c1-20(11-7-8-12-20)29-17(25)15-9-3-4-10-16(15)18(26)30-21(13-5-2-6-14-21)22(23,24)19(27)28/h3-4,9-10H,2,5-8,11-14H2,1H3,(H,27,28). The van der Waals surface area contributed by atoms with Crippen LogP contribution in [0.2, 0.25) is 0 Å². The summed E-state index contributed by atoms with van der Waals surface area (Å²) < 4.78 is 40.0. The Balaban J connectivity index is 1.87. The Morgan fingerprint density at radius 2 is 1.33 bits per heavy atom. The predicted octanol–water partition coefficient (Wildman–Crippen LogP) is 4.76. The first-order chi connectivity index (χ1) is 14.1. The molecule has 0 unspecified atom stereocenters. The minimum atomic E-state index is -4.24. The van der Waals surface area contributed by atoms with Crippen LogP contribution in [0.3, 0.4) is 0 Å². The van der Waals surface area contributed by atoms with E-state index in [0.717, 1.165) is 12.8 Å². The number of esters is 2. The molecule has 3 rings (SSSR count). The minimum Gasteiger partial charge on any atom is -0.477 e. The van der Waals surface area contributed by atoms with E-state index in [2.05, 4.69) is 0 Å². The lowest BCUT2D eigenvalue weighted by Crippen LogP contribution is -2.57. The van der Waals surface area contributed by atoms with E-state index in [0.29, 0.717) is 32.1 Å². The van der Waals surface area contributed by atoms with E-state index in [9.17, 15) is 23.2 Å². The molecular formula is C22H26F2O6. The van der Waals surface area contributed by atoms with Crippen molar-refractivity contribution >= 4 is 17.9 Å². The van der Waals surface area contributed by atoms with Crippen LogP contribution >= 0.6 is 0 Å². The summed E-state index contributed by atoms with van der Waals surface area (Å²) in [4.78, 5) is 36.8. The zero-order valence-electron chi connectivity index (χ0n) is 16.9. The van der Waals surface area contributed by atoms with E-state index in [4.69, 9.17) is 14.6 Å². The predicted molar refractivity (Wildman–Crippen MR) is 103 cm³/mol. The van der Waals surface area contributed by atoms with Crippen molar-refractivity contribution in [3.63, 3.8) is 0 Å². The van der Waals surface area contributed by atoms with E-state index < -0.39 is 35.0 Å². The number of hydrogen-bond acceptors (Lipinski definition) is 5. The Bertz CT molecular complexity index is 823. The maximum absolute atomic E-state index is 14.6. The molecule has 1 aromatic carbocycles. The molecule has 8 heteroatoms. The Kier molecular flexibility index (Phi) is 6.15. The van der Waals surface area contributed by atoms with Gasteiger partial charge in [-0.05, 0) is 70.4 Å². The van der Waals surface area contributed by atoms with E-state index in [1.54, 1.807) is 0 Å². The van der Waals surface area contributed by atoms with Crippen LogP contribution in [0.25, 0.3) is 0 Å². The third-order valence-electron chi connectivity index (χ3n) is 6.16. The van der Waals surface area contributed by atoms with Gasteiger partial charge in [-0.1, -0.05) is 18.6 Å². The average Bonchev–Trinajstić information content (AvgIpc) is 3.14. The van der Waals surface area contributed by atoms with Crippen LogP contribution in [-0.4, -0.2) is 40.1 Å². The number of carbonyl (C=O) groups is 3. The summed E-state index contributed by atoms with van der Waals surface area (Å²) in [7, 11) is 0. The fraction of sp³-hybridized carbons (Fsp3) is 0.591. The zero-order valence-corrected chi connectivity index (χ0v) is 16.9. The van der Waals surface area contributed by atoms with Gasteiger partial charge in [0.25, 0.3) is 0 Å². The topological polar surface area (TPSA) is 89.9 Å². The van der Waals surface area contributed by atoms with E-state index >= 15 is 0 Å². The lowest BCUT2D eigenvalue weighted by Gasteiger charge is -2.40. The maximum atomic E-state index is 14.6. The van der Waals surface area contributed by atoms with Crippen molar-refractivity contribution in [1.29, 1.82) is 0 Å². The summed E-state index contributed by atoms with van der Waals surface area (Å²) in [5.74, 6) is -8.45. The second-order valence-electron chi connectivity index (χ2n) is 8.42. The van der Waals surface area contributed by atoms with Crippen molar-refractivity contribution in [3.8, 4) is 0 Å². The van der Waals surface area contributed by atoms with Crippen LogP contribution in [0, 0.1) is 0 Å². The van der Waals surface area contributed by atoms with Crippen LogP contribution < -0.4 is 0 Å². The molecule has 0 spiro atoms. The Morgan fingerprint density at radius 3 is 1.83 bits per heavy atom. The molecule has 2 fully saturated rings. The van der Waals surface area contributed by atoms with Gasteiger partial charge in [0.05, 0.1) is 11.1 Å². The highest BCUT2D eigenvalue weighted by atomic mass is 19.3. The van der Waals surface area contributed by atoms with Crippen LogP contribution in [0.15, 0.2) is 24.3 Å². The number of alkyl halides is 2. The smallest absolute Gasteiger partial charge is 0.381 e. The second-order valence-corrected chi connectivity index (χ2v) is 8.42. The number of aliphatic carboxylic acids is 1. The van der Waals surface area contributed by atoms with Crippen LogP contribution in [0.1, 0.15) is 85.4 Å². The second kappa shape index (κ2) is 8.32. The van der Waals surface area contributed by atoms with Crippen molar-refractivity contribution < 1.29 is 37.7 Å². The van der Waals surface area contributed by atoms with Crippen molar-refractivity contribution in [2.24, 2.45) is 0 Å². The Morgan fingerprint density at radius 1 is 0.867 bits per heavy atom. The van der Waals surface area contributed by atoms with Gasteiger partial charge in [0.2, 0.25) is 0 Å². The lowest BCUT2D eigenvalue weighted by molar-refractivity contribution is -0.215. The molecule has 2 aliphatic carbocycles. The fourth-order valence-corrected chi connectivity index (χ4v) is 4.37. The van der Waals surface area contributed by atoms with Crippen molar-refractivity contribution in [2.75, 3.05) is 0 Å². The maximum Gasteiger partial charge on any atom is 0.381 e. The number of benzene rings is 1.